The van der Waals surface area contributed by atoms with Crippen LogP contribution in [0.4, 0.5) is 0 Å². The molecule has 0 amide bonds. The summed E-state index contributed by atoms with van der Waals surface area (Å²) in [6.45, 7) is 3.72. The van der Waals surface area contributed by atoms with Gasteiger partial charge in [-0.15, -0.1) is 6.58 Å². The number of carboxylic acid groups (broad SMARTS) is 1. The molecule has 0 radical (unpaired) electrons. The van der Waals surface area contributed by atoms with Gasteiger partial charge in [0.05, 0.1) is 4.90 Å². The summed E-state index contributed by atoms with van der Waals surface area (Å²) < 4.78 is 25.3. The van der Waals surface area contributed by atoms with Gasteiger partial charge in [-0.2, -0.15) is 4.31 Å². The molecule has 0 aliphatic rings. The van der Waals surface area contributed by atoms with E-state index in [2.05, 4.69) is 6.58 Å². The third kappa shape index (κ3) is 4.04. The van der Waals surface area contributed by atoms with Crippen LogP contribution in [0.1, 0.15) is 5.56 Å². The monoisotopic (exact) mass is 281 g/mol. The lowest BCUT2D eigenvalue weighted by molar-refractivity contribution is -0.131. The minimum atomic E-state index is -3.53. The first-order chi connectivity index (χ1) is 8.87. The molecule has 5 nitrogen and oxygen atoms in total. The molecule has 0 heterocycles. The molecule has 0 saturated heterocycles. The maximum absolute atomic E-state index is 12.1. The topological polar surface area (TPSA) is 74.7 Å². The maximum atomic E-state index is 12.1. The minimum absolute atomic E-state index is 0.157. The number of carbonyl (C=O) groups is 1. The Morgan fingerprint density at radius 1 is 1.37 bits per heavy atom. The van der Waals surface area contributed by atoms with E-state index in [1.54, 1.807) is 12.1 Å². The molecule has 0 bridgehead atoms. The summed E-state index contributed by atoms with van der Waals surface area (Å²) in [4.78, 5) is 10.5. The molecule has 19 heavy (non-hydrogen) atoms. The number of benzene rings is 1. The van der Waals surface area contributed by atoms with Crippen LogP contribution < -0.4 is 0 Å². The Morgan fingerprint density at radius 3 is 2.42 bits per heavy atom. The van der Waals surface area contributed by atoms with Crippen molar-refractivity contribution < 1.29 is 18.3 Å². The van der Waals surface area contributed by atoms with Crippen molar-refractivity contribution in [2.45, 2.75) is 4.90 Å². The lowest BCUT2D eigenvalue weighted by Gasteiger charge is -2.15. The second-order valence-electron chi connectivity index (χ2n) is 3.81. The van der Waals surface area contributed by atoms with E-state index in [1.807, 2.05) is 0 Å². The Bertz CT molecular complexity index is 588. The first-order valence-electron chi connectivity index (χ1n) is 5.46. The molecular formula is C13H15NO4S. The second kappa shape index (κ2) is 6.31. The molecule has 102 valence electrons. The summed E-state index contributed by atoms with van der Waals surface area (Å²) in [6, 6.07) is 5.98. The first-order valence-corrected chi connectivity index (χ1v) is 6.90. The molecular weight excluding hydrogens is 266 g/mol. The molecule has 0 aliphatic heterocycles. The molecule has 0 atom stereocenters. The van der Waals surface area contributed by atoms with Gasteiger partial charge in [0.15, 0.2) is 0 Å². The number of hydrogen-bond donors (Lipinski definition) is 1. The van der Waals surface area contributed by atoms with Crippen molar-refractivity contribution in [3.05, 3.63) is 48.6 Å². The van der Waals surface area contributed by atoms with Crippen LogP contribution in [0.3, 0.4) is 0 Å². The van der Waals surface area contributed by atoms with E-state index in [-0.39, 0.29) is 11.4 Å². The Morgan fingerprint density at radius 2 is 1.95 bits per heavy atom. The van der Waals surface area contributed by atoms with Gasteiger partial charge in [-0.25, -0.2) is 13.2 Å². The molecule has 0 spiro atoms. The highest BCUT2D eigenvalue weighted by molar-refractivity contribution is 7.89. The van der Waals surface area contributed by atoms with E-state index in [4.69, 9.17) is 5.11 Å². The molecule has 1 aromatic rings. The van der Waals surface area contributed by atoms with Gasteiger partial charge in [0.1, 0.15) is 0 Å². The van der Waals surface area contributed by atoms with E-state index in [1.165, 1.54) is 35.6 Å². The third-order valence-electron chi connectivity index (χ3n) is 2.39. The number of aliphatic carboxylic acids is 1. The highest BCUT2D eigenvalue weighted by Crippen LogP contribution is 2.15. The van der Waals surface area contributed by atoms with E-state index < -0.39 is 16.0 Å². The number of likely N-dealkylation sites (N-methyl/N-ethyl adjacent to an activating group) is 1. The predicted molar refractivity (Wildman–Crippen MR) is 73.1 cm³/mol. The fourth-order valence-corrected chi connectivity index (χ4v) is 2.52. The summed E-state index contributed by atoms with van der Waals surface area (Å²) in [6.07, 6.45) is 3.89. The Labute approximate surface area is 112 Å². The van der Waals surface area contributed by atoms with E-state index in [0.717, 1.165) is 6.08 Å². The summed E-state index contributed by atoms with van der Waals surface area (Å²) >= 11 is 0. The zero-order valence-electron chi connectivity index (χ0n) is 10.5. The van der Waals surface area contributed by atoms with Crippen molar-refractivity contribution in [1.29, 1.82) is 0 Å². The molecule has 6 heteroatoms. The summed E-state index contributed by atoms with van der Waals surface area (Å²) in [7, 11) is -2.06. The van der Waals surface area contributed by atoms with Gasteiger partial charge in [-0.1, -0.05) is 18.2 Å². The number of rotatable bonds is 6. The van der Waals surface area contributed by atoms with Crippen molar-refractivity contribution in [2.24, 2.45) is 0 Å². The van der Waals surface area contributed by atoms with Crippen molar-refractivity contribution in [2.75, 3.05) is 13.6 Å². The molecule has 0 aromatic heterocycles. The van der Waals surface area contributed by atoms with Gasteiger partial charge in [-0.3, -0.25) is 0 Å². The zero-order valence-corrected chi connectivity index (χ0v) is 11.3. The fraction of sp³-hybridized carbons (Fsp3) is 0.154. The minimum Gasteiger partial charge on any atom is -0.478 e. The van der Waals surface area contributed by atoms with Crippen LogP contribution in [-0.4, -0.2) is 37.4 Å². The van der Waals surface area contributed by atoms with Crippen LogP contribution in [0.2, 0.25) is 0 Å². The lowest BCUT2D eigenvalue weighted by atomic mass is 10.2. The fourth-order valence-electron chi connectivity index (χ4n) is 1.38. The van der Waals surface area contributed by atoms with Gasteiger partial charge < -0.3 is 5.11 Å². The average molecular weight is 281 g/mol. The Kier molecular flexibility index (Phi) is 5.02. The van der Waals surface area contributed by atoms with Gasteiger partial charge in [0.25, 0.3) is 0 Å². The van der Waals surface area contributed by atoms with Crippen LogP contribution in [0.15, 0.2) is 47.9 Å². The van der Waals surface area contributed by atoms with Crippen molar-refractivity contribution in [1.82, 2.24) is 4.31 Å². The van der Waals surface area contributed by atoms with Gasteiger partial charge in [-0.05, 0) is 23.8 Å². The van der Waals surface area contributed by atoms with Crippen LogP contribution in [-0.2, 0) is 14.8 Å². The van der Waals surface area contributed by atoms with Gasteiger partial charge in [0.2, 0.25) is 10.0 Å². The average Bonchev–Trinajstić information content (AvgIpc) is 2.37. The van der Waals surface area contributed by atoms with Crippen LogP contribution in [0, 0.1) is 0 Å². The zero-order chi connectivity index (χ0) is 14.5. The number of sulfonamides is 1. The second-order valence-corrected chi connectivity index (χ2v) is 5.86. The van der Waals surface area contributed by atoms with E-state index >= 15 is 0 Å². The lowest BCUT2D eigenvalue weighted by Crippen LogP contribution is -2.26. The first kappa shape index (κ1) is 15.1. The van der Waals surface area contributed by atoms with Crippen LogP contribution in [0.5, 0.6) is 0 Å². The molecule has 0 aliphatic carbocycles. The molecule has 1 rings (SSSR count). The van der Waals surface area contributed by atoms with Crippen LogP contribution >= 0.6 is 0 Å². The largest absolute Gasteiger partial charge is 0.478 e. The quantitative estimate of drug-likeness (QED) is 0.634. The summed E-state index contributed by atoms with van der Waals surface area (Å²) in [5.41, 5.74) is 0.618. The third-order valence-corrected chi connectivity index (χ3v) is 4.23. The Balaban J connectivity index is 2.98. The highest BCUT2D eigenvalue weighted by Gasteiger charge is 2.18. The molecule has 1 aromatic carbocycles. The normalized spacial score (nSPS) is 11.9. The molecule has 0 saturated carbocycles. The highest BCUT2D eigenvalue weighted by atomic mass is 32.2. The summed E-state index contributed by atoms with van der Waals surface area (Å²) in [5, 5.41) is 8.49. The molecule has 0 fully saturated rings. The van der Waals surface area contributed by atoms with Crippen molar-refractivity contribution >= 4 is 22.1 Å². The SMILES string of the molecule is C=CCN(C)S(=O)(=O)c1ccc(/C=C/C(=O)O)cc1. The van der Waals surface area contributed by atoms with Crippen molar-refractivity contribution in [3.8, 4) is 0 Å². The number of nitrogens with zero attached hydrogens (tertiary/aromatic N) is 1. The molecule has 1 N–H and O–H groups in total. The van der Waals surface area contributed by atoms with Crippen LogP contribution in [0.25, 0.3) is 6.08 Å². The standard InChI is InChI=1S/C13H15NO4S/c1-3-10-14(2)19(17,18)12-7-4-11(5-8-12)6-9-13(15)16/h3-9H,1,10H2,2H3,(H,15,16)/b9-6+. The van der Waals surface area contributed by atoms with E-state index in [9.17, 15) is 13.2 Å². The smallest absolute Gasteiger partial charge is 0.328 e. The Hall–Kier alpha value is -1.92. The maximum Gasteiger partial charge on any atom is 0.328 e. The summed E-state index contributed by atoms with van der Waals surface area (Å²) in [5.74, 6) is -1.05. The van der Waals surface area contributed by atoms with Gasteiger partial charge in [0, 0.05) is 19.7 Å². The predicted octanol–water partition coefficient (Wildman–Crippen LogP) is 1.59. The number of carboxylic acids is 1. The number of hydrogen-bond acceptors (Lipinski definition) is 3. The van der Waals surface area contributed by atoms with E-state index in [0.29, 0.717) is 5.56 Å². The van der Waals surface area contributed by atoms with Crippen molar-refractivity contribution in [3.63, 3.8) is 0 Å². The van der Waals surface area contributed by atoms with Gasteiger partial charge >= 0.3 is 5.97 Å². The molecule has 0 unspecified atom stereocenters.